The number of unbranched alkanes of at least 4 members (excludes halogenated alkanes) is 6. The minimum Gasteiger partial charge on any atom is -0.507 e. The Balaban J connectivity index is 1.57. The Labute approximate surface area is 218 Å². The maximum atomic E-state index is 12.6. The lowest BCUT2D eigenvalue weighted by molar-refractivity contribution is 0.103. The van der Waals surface area contributed by atoms with Gasteiger partial charge in [0.2, 0.25) is 5.78 Å². The van der Waals surface area contributed by atoms with Crippen LogP contribution in [0.1, 0.15) is 81.3 Å². The van der Waals surface area contributed by atoms with Crippen molar-refractivity contribution in [3.8, 4) is 28.6 Å². The lowest BCUT2D eigenvalue weighted by Gasteiger charge is -2.09. The molecule has 0 fully saturated rings. The van der Waals surface area contributed by atoms with Crippen molar-refractivity contribution in [2.45, 2.75) is 65.2 Å². The molecule has 1 aromatic heterocycles. The molecule has 0 aliphatic rings. The number of carbonyl (C=O) groups is 1. The maximum Gasteiger partial charge on any atom is 0.211 e. The number of aromatic hydroxyl groups is 1. The number of ether oxygens (including phenoxy) is 2. The normalized spacial score (nSPS) is 11.5. The molecule has 0 unspecified atom stereocenters. The van der Waals surface area contributed by atoms with Crippen molar-refractivity contribution < 1.29 is 29.0 Å². The van der Waals surface area contributed by atoms with E-state index in [1.54, 1.807) is 6.07 Å². The van der Waals surface area contributed by atoms with Crippen LogP contribution in [0.2, 0.25) is 0 Å². The molecule has 2 aromatic carbocycles. The molecule has 0 amide bonds. The highest BCUT2D eigenvalue weighted by molar-refractivity contribution is 6.07. The van der Waals surface area contributed by atoms with Gasteiger partial charge in [0.15, 0.2) is 11.5 Å². The Morgan fingerprint density at radius 1 is 0.865 bits per heavy atom. The topological polar surface area (TPSA) is 102 Å². The molecule has 0 saturated heterocycles. The predicted molar refractivity (Wildman–Crippen MR) is 144 cm³/mol. The third-order valence-corrected chi connectivity index (χ3v) is 5.95. The molecule has 0 saturated carbocycles. The summed E-state index contributed by atoms with van der Waals surface area (Å²) in [5.41, 5.74) is 0.922. The molecular weight excluding hydrogens is 470 g/mol. The van der Waals surface area contributed by atoms with Gasteiger partial charge in [-0.05, 0) is 49.2 Å². The molecule has 3 rings (SSSR count). The number of phenols is 1. The van der Waals surface area contributed by atoms with E-state index < -0.39 is 5.78 Å². The molecule has 0 aliphatic heterocycles. The van der Waals surface area contributed by atoms with Crippen LogP contribution < -0.4 is 9.47 Å². The van der Waals surface area contributed by atoms with Gasteiger partial charge in [-0.15, -0.1) is 0 Å². The summed E-state index contributed by atoms with van der Waals surface area (Å²) in [5, 5.41) is 24.6. The van der Waals surface area contributed by atoms with Gasteiger partial charge < -0.3 is 24.2 Å². The standard InChI is InChI=1S/C30H37NO6/c1-3-5-7-9-17-35-23-13-11-22(12-14-23)30-20-26(31-37-30)29(34)21-28(33)25-16-15-24(19-27(25)32)36-18-10-8-6-4-2/h11-16,19-21,32-33H,3-10,17-18H2,1-2H3/b28-21-. The van der Waals surface area contributed by atoms with E-state index in [0.717, 1.165) is 55.9 Å². The van der Waals surface area contributed by atoms with Crippen LogP contribution in [-0.4, -0.2) is 34.4 Å². The van der Waals surface area contributed by atoms with Gasteiger partial charge in [-0.1, -0.05) is 57.5 Å². The number of hydrogen-bond acceptors (Lipinski definition) is 7. The molecule has 0 bridgehead atoms. The molecular formula is C30H37NO6. The van der Waals surface area contributed by atoms with Gasteiger partial charge in [-0.2, -0.15) is 0 Å². The maximum absolute atomic E-state index is 12.6. The zero-order valence-corrected chi connectivity index (χ0v) is 21.7. The molecule has 2 N–H and O–H groups in total. The van der Waals surface area contributed by atoms with Crippen LogP contribution in [0, 0.1) is 0 Å². The monoisotopic (exact) mass is 507 g/mol. The third kappa shape index (κ3) is 8.70. The first kappa shape index (κ1) is 27.8. The highest BCUT2D eigenvalue weighted by atomic mass is 16.5. The summed E-state index contributed by atoms with van der Waals surface area (Å²) < 4.78 is 16.7. The molecule has 0 radical (unpaired) electrons. The van der Waals surface area contributed by atoms with Crippen molar-refractivity contribution in [3.63, 3.8) is 0 Å². The lowest BCUT2D eigenvalue weighted by Crippen LogP contribution is -1.99. The number of carbonyl (C=O) groups excluding carboxylic acids is 1. The van der Waals surface area contributed by atoms with E-state index in [0.29, 0.717) is 24.7 Å². The first-order chi connectivity index (χ1) is 18.0. The van der Waals surface area contributed by atoms with E-state index in [1.165, 1.54) is 31.0 Å². The zero-order chi connectivity index (χ0) is 26.5. The summed E-state index contributed by atoms with van der Waals surface area (Å²) >= 11 is 0. The van der Waals surface area contributed by atoms with E-state index in [9.17, 15) is 15.0 Å². The fraction of sp³-hybridized carbons (Fsp3) is 0.400. The van der Waals surface area contributed by atoms with E-state index in [4.69, 9.17) is 14.0 Å². The number of aliphatic hydroxyl groups excluding tert-OH is 1. The highest BCUT2D eigenvalue weighted by Crippen LogP contribution is 2.29. The first-order valence-corrected chi connectivity index (χ1v) is 13.1. The number of aliphatic hydroxyl groups is 1. The van der Waals surface area contributed by atoms with Crippen molar-refractivity contribution in [3.05, 3.63) is 65.9 Å². The second-order valence-electron chi connectivity index (χ2n) is 8.99. The highest BCUT2D eigenvalue weighted by Gasteiger charge is 2.15. The molecule has 7 nitrogen and oxygen atoms in total. The summed E-state index contributed by atoms with van der Waals surface area (Å²) in [5.74, 6) is 0.606. The number of nitrogens with zero attached hydrogens (tertiary/aromatic N) is 1. The third-order valence-electron chi connectivity index (χ3n) is 5.95. The first-order valence-electron chi connectivity index (χ1n) is 13.1. The van der Waals surface area contributed by atoms with Crippen LogP contribution in [-0.2, 0) is 0 Å². The Kier molecular flexibility index (Phi) is 11.1. The van der Waals surface area contributed by atoms with E-state index in [-0.39, 0.29) is 22.8 Å². The number of aromatic nitrogens is 1. The van der Waals surface area contributed by atoms with Crippen LogP contribution in [0.15, 0.2) is 59.1 Å². The van der Waals surface area contributed by atoms with Gasteiger partial charge in [-0.3, -0.25) is 4.79 Å². The average Bonchev–Trinajstić information content (AvgIpc) is 3.39. The molecule has 3 aromatic rings. The molecule has 37 heavy (non-hydrogen) atoms. The summed E-state index contributed by atoms with van der Waals surface area (Å²) in [6, 6.07) is 13.5. The molecule has 7 heteroatoms. The minimum atomic E-state index is -0.546. The van der Waals surface area contributed by atoms with Gasteiger partial charge in [0, 0.05) is 23.8 Å². The quantitative estimate of drug-likeness (QED) is 0.0884. The van der Waals surface area contributed by atoms with Crippen LogP contribution in [0.5, 0.6) is 17.2 Å². The number of ketones is 1. The lowest BCUT2D eigenvalue weighted by atomic mass is 10.1. The molecule has 1 heterocycles. The van der Waals surface area contributed by atoms with Gasteiger partial charge in [0.25, 0.3) is 0 Å². The van der Waals surface area contributed by atoms with Crippen molar-refractivity contribution in [2.24, 2.45) is 0 Å². The Morgan fingerprint density at radius 2 is 1.49 bits per heavy atom. The SMILES string of the molecule is CCCCCCOc1ccc(-c2cc(C(=O)/C=C(\O)c3ccc(OCCCCCC)cc3O)no2)cc1. The Morgan fingerprint density at radius 3 is 2.11 bits per heavy atom. The zero-order valence-electron chi connectivity index (χ0n) is 21.7. The van der Waals surface area contributed by atoms with Crippen molar-refractivity contribution in [2.75, 3.05) is 13.2 Å². The number of benzene rings is 2. The minimum absolute atomic E-state index is 0.0457. The van der Waals surface area contributed by atoms with Crippen molar-refractivity contribution in [1.82, 2.24) is 5.16 Å². The van der Waals surface area contributed by atoms with Crippen LogP contribution in [0.3, 0.4) is 0 Å². The predicted octanol–water partition coefficient (Wildman–Crippen LogP) is 7.75. The molecule has 0 atom stereocenters. The summed E-state index contributed by atoms with van der Waals surface area (Å²) in [6.45, 7) is 5.56. The van der Waals surface area contributed by atoms with E-state index in [1.807, 2.05) is 24.3 Å². The summed E-state index contributed by atoms with van der Waals surface area (Å²) in [4.78, 5) is 12.6. The van der Waals surface area contributed by atoms with Gasteiger partial charge in [-0.25, -0.2) is 0 Å². The van der Waals surface area contributed by atoms with Crippen molar-refractivity contribution >= 4 is 11.5 Å². The van der Waals surface area contributed by atoms with Crippen molar-refractivity contribution in [1.29, 1.82) is 0 Å². The van der Waals surface area contributed by atoms with E-state index in [2.05, 4.69) is 19.0 Å². The fourth-order valence-corrected chi connectivity index (χ4v) is 3.77. The summed E-state index contributed by atoms with van der Waals surface area (Å²) in [7, 11) is 0. The Bertz CT molecular complexity index is 1150. The average molecular weight is 508 g/mol. The van der Waals surface area contributed by atoms with Crippen LogP contribution in [0.4, 0.5) is 0 Å². The van der Waals surface area contributed by atoms with Gasteiger partial charge in [0.05, 0.1) is 18.8 Å². The number of allylic oxidation sites excluding steroid dienone is 1. The molecule has 0 spiro atoms. The Hall–Kier alpha value is -3.74. The number of rotatable bonds is 16. The molecule has 0 aliphatic carbocycles. The fourth-order valence-electron chi connectivity index (χ4n) is 3.77. The van der Waals surface area contributed by atoms with Gasteiger partial charge in [0.1, 0.15) is 23.0 Å². The van der Waals surface area contributed by atoms with Crippen LogP contribution in [0.25, 0.3) is 17.1 Å². The molecule has 198 valence electrons. The van der Waals surface area contributed by atoms with Crippen LogP contribution >= 0.6 is 0 Å². The summed E-state index contributed by atoms with van der Waals surface area (Å²) in [6.07, 6.45) is 9.94. The number of hydrogen-bond donors (Lipinski definition) is 2. The van der Waals surface area contributed by atoms with Gasteiger partial charge >= 0.3 is 0 Å². The smallest absolute Gasteiger partial charge is 0.211 e. The largest absolute Gasteiger partial charge is 0.507 e. The second kappa shape index (κ2) is 14.7. The number of phenolic OH excluding ortho intramolecular Hbond substituents is 1. The second-order valence-corrected chi connectivity index (χ2v) is 8.99. The van der Waals surface area contributed by atoms with E-state index >= 15 is 0 Å².